The van der Waals surface area contributed by atoms with Gasteiger partial charge in [0.1, 0.15) is 5.41 Å². The number of rotatable bonds is 1. The van der Waals surface area contributed by atoms with Crippen molar-refractivity contribution in [1.82, 2.24) is 4.90 Å². The largest absolute Gasteiger partial charge is 0.341 e. The first kappa shape index (κ1) is 10.5. The Hall–Kier alpha value is -1.04. The average Bonchev–Trinajstić information content (AvgIpc) is 2.46. The minimum atomic E-state index is -0.649. The zero-order valence-corrected chi connectivity index (χ0v) is 9.49. The molecule has 1 saturated heterocycles. The van der Waals surface area contributed by atoms with E-state index in [9.17, 15) is 4.79 Å². The van der Waals surface area contributed by atoms with Crippen LogP contribution in [0, 0.1) is 28.6 Å². The van der Waals surface area contributed by atoms with Crippen LogP contribution in [0.4, 0.5) is 0 Å². The van der Waals surface area contributed by atoms with Crippen molar-refractivity contribution < 1.29 is 4.79 Å². The summed E-state index contributed by atoms with van der Waals surface area (Å²) in [6.07, 6.45) is 2.56. The minimum absolute atomic E-state index is 0.0902. The lowest BCUT2D eigenvalue weighted by atomic mass is 9.69. The van der Waals surface area contributed by atoms with Crippen LogP contribution in [-0.2, 0) is 4.79 Å². The van der Waals surface area contributed by atoms with Gasteiger partial charge in [-0.15, -0.1) is 0 Å². The third-order valence-electron chi connectivity index (χ3n) is 4.11. The Balaban J connectivity index is 2.06. The number of carbonyl (C=O) groups is 1. The third-order valence-corrected chi connectivity index (χ3v) is 4.11. The molecule has 0 N–H and O–H groups in total. The molecule has 3 nitrogen and oxygen atoms in total. The van der Waals surface area contributed by atoms with Crippen molar-refractivity contribution in [3.8, 4) is 6.07 Å². The SMILES string of the molecule is CC1CN(C(=O)C2(C#N)CCC2)CC1C. The standard InChI is InChI=1S/C12H18N2O/c1-9-6-14(7-10(9)2)11(15)12(8-13)4-3-5-12/h9-10H,3-7H2,1-2H3. The normalized spacial score (nSPS) is 33.3. The Bertz CT molecular complexity index is 304. The Labute approximate surface area is 91.1 Å². The van der Waals surface area contributed by atoms with E-state index in [0.29, 0.717) is 11.8 Å². The van der Waals surface area contributed by atoms with Crippen molar-refractivity contribution in [3.63, 3.8) is 0 Å². The van der Waals surface area contributed by atoms with Crippen LogP contribution in [0.5, 0.6) is 0 Å². The molecule has 2 unspecified atom stereocenters. The Kier molecular flexibility index (Phi) is 2.46. The van der Waals surface area contributed by atoms with Gasteiger partial charge in [0.25, 0.3) is 0 Å². The number of likely N-dealkylation sites (tertiary alicyclic amines) is 1. The van der Waals surface area contributed by atoms with Gasteiger partial charge in [-0.3, -0.25) is 4.79 Å². The molecule has 82 valence electrons. The molecule has 0 radical (unpaired) electrons. The van der Waals surface area contributed by atoms with Crippen LogP contribution in [0.1, 0.15) is 33.1 Å². The summed E-state index contributed by atoms with van der Waals surface area (Å²) in [7, 11) is 0. The summed E-state index contributed by atoms with van der Waals surface area (Å²) in [4.78, 5) is 14.1. The summed E-state index contributed by atoms with van der Waals surface area (Å²) in [5.74, 6) is 1.24. The number of nitrogens with zero attached hydrogens (tertiary/aromatic N) is 2. The maximum absolute atomic E-state index is 12.2. The zero-order chi connectivity index (χ0) is 11.1. The van der Waals surface area contributed by atoms with Crippen LogP contribution in [0.25, 0.3) is 0 Å². The van der Waals surface area contributed by atoms with Gasteiger partial charge in [-0.1, -0.05) is 13.8 Å². The quantitative estimate of drug-likeness (QED) is 0.656. The van der Waals surface area contributed by atoms with E-state index in [4.69, 9.17) is 5.26 Å². The van der Waals surface area contributed by atoms with E-state index in [1.807, 2.05) is 4.90 Å². The summed E-state index contributed by atoms with van der Waals surface area (Å²) < 4.78 is 0. The predicted molar refractivity (Wildman–Crippen MR) is 56.8 cm³/mol. The van der Waals surface area contributed by atoms with Gasteiger partial charge >= 0.3 is 0 Å². The van der Waals surface area contributed by atoms with Crippen LogP contribution in [-0.4, -0.2) is 23.9 Å². The van der Waals surface area contributed by atoms with Crippen LogP contribution >= 0.6 is 0 Å². The molecule has 1 saturated carbocycles. The lowest BCUT2D eigenvalue weighted by Crippen LogP contribution is -2.46. The van der Waals surface area contributed by atoms with Crippen LogP contribution in [0.2, 0.25) is 0 Å². The van der Waals surface area contributed by atoms with Crippen molar-refractivity contribution >= 4 is 5.91 Å². The van der Waals surface area contributed by atoms with E-state index in [0.717, 1.165) is 32.4 Å². The highest BCUT2D eigenvalue weighted by Gasteiger charge is 2.48. The maximum Gasteiger partial charge on any atom is 0.243 e. The molecule has 2 atom stereocenters. The van der Waals surface area contributed by atoms with Crippen LogP contribution < -0.4 is 0 Å². The van der Waals surface area contributed by atoms with Crippen molar-refractivity contribution in [2.24, 2.45) is 17.3 Å². The second-order valence-electron chi connectivity index (χ2n) is 5.21. The molecule has 1 aliphatic carbocycles. The van der Waals surface area contributed by atoms with E-state index in [-0.39, 0.29) is 5.91 Å². The summed E-state index contributed by atoms with van der Waals surface area (Å²) in [5.41, 5.74) is -0.649. The smallest absolute Gasteiger partial charge is 0.243 e. The highest BCUT2D eigenvalue weighted by atomic mass is 16.2. The average molecular weight is 206 g/mol. The number of hydrogen-bond donors (Lipinski definition) is 0. The van der Waals surface area contributed by atoms with Crippen LogP contribution in [0.15, 0.2) is 0 Å². The Morgan fingerprint density at radius 1 is 1.33 bits per heavy atom. The summed E-state index contributed by atoms with van der Waals surface area (Å²) in [5, 5.41) is 9.10. The van der Waals surface area contributed by atoms with E-state index in [1.165, 1.54) is 0 Å². The maximum atomic E-state index is 12.2. The molecule has 0 aromatic rings. The molecular weight excluding hydrogens is 188 g/mol. The van der Waals surface area contributed by atoms with Gasteiger partial charge in [-0.25, -0.2) is 0 Å². The molecule has 0 aromatic heterocycles. The van der Waals surface area contributed by atoms with Gasteiger partial charge in [0, 0.05) is 13.1 Å². The highest BCUT2D eigenvalue weighted by molar-refractivity contribution is 5.86. The third kappa shape index (κ3) is 1.52. The molecule has 3 heteroatoms. The second-order valence-corrected chi connectivity index (χ2v) is 5.21. The topological polar surface area (TPSA) is 44.1 Å². The number of carbonyl (C=O) groups excluding carboxylic acids is 1. The number of nitriles is 1. The Morgan fingerprint density at radius 3 is 2.20 bits per heavy atom. The molecule has 0 aromatic carbocycles. The molecule has 15 heavy (non-hydrogen) atoms. The fourth-order valence-electron chi connectivity index (χ4n) is 2.50. The highest BCUT2D eigenvalue weighted by Crippen LogP contribution is 2.43. The van der Waals surface area contributed by atoms with E-state index in [2.05, 4.69) is 19.9 Å². The van der Waals surface area contributed by atoms with E-state index < -0.39 is 5.41 Å². The van der Waals surface area contributed by atoms with Crippen LogP contribution in [0.3, 0.4) is 0 Å². The molecule has 1 heterocycles. The lowest BCUT2D eigenvalue weighted by Gasteiger charge is -2.36. The lowest BCUT2D eigenvalue weighted by molar-refractivity contribution is -0.142. The number of hydrogen-bond acceptors (Lipinski definition) is 2. The van der Waals surface area contributed by atoms with E-state index >= 15 is 0 Å². The van der Waals surface area contributed by atoms with Gasteiger partial charge in [0.05, 0.1) is 6.07 Å². The second kappa shape index (κ2) is 3.52. The monoisotopic (exact) mass is 206 g/mol. The summed E-state index contributed by atoms with van der Waals surface area (Å²) >= 11 is 0. The van der Waals surface area contributed by atoms with Crippen molar-refractivity contribution in [2.75, 3.05) is 13.1 Å². The van der Waals surface area contributed by atoms with Gasteiger partial charge in [0.2, 0.25) is 5.91 Å². The van der Waals surface area contributed by atoms with Crippen molar-refractivity contribution in [2.45, 2.75) is 33.1 Å². The molecule has 2 aliphatic rings. The predicted octanol–water partition coefficient (Wildman–Crippen LogP) is 1.79. The Morgan fingerprint density at radius 2 is 1.87 bits per heavy atom. The van der Waals surface area contributed by atoms with Gasteiger partial charge in [-0.2, -0.15) is 5.26 Å². The fraction of sp³-hybridized carbons (Fsp3) is 0.833. The molecule has 2 rings (SSSR count). The molecule has 1 aliphatic heterocycles. The first-order valence-electron chi connectivity index (χ1n) is 5.80. The molecule has 0 bridgehead atoms. The molecular formula is C12H18N2O. The molecule has 2 fully saturated rings. The number of amides is 1. The molecule has 0 spiro atoms. The summed E-state index contributed by atoms with van der Waals surface area (Å²) in [6, 6.07) is 2.23. The first-order valence-corrected chi connectivity index (χ1v) is 5.80. The van der Waals surface area contributed by atoms with Gasteiger partial charge in [0.15, 0.2) is 0 Å². The first-order chi connectivity index (χ1) is 7.09. The minimum Gasteiger partial charge on any atom is -0.341 e. The van der Waals surface area contributed by atoms with Crippen molar-refractivity contribution in [3.05, 3.63) is 0 Å². The van der Waals surface area contributed by atoms with Gasteiger partial charge in [-0.05, 0) is 31.1 Å². The molecule has 1 amide bonds. The fourth-order valence-corrected chi connectivity index (χ4v) is 2.50. The van der Waals surface area contributed by atoms with Gasteiger partial charge < -0.3 is 4.90 Å². The van der Waals surface area contributed by atoms with E-state index in [1.54, 1.807) is 0 Å². The summed E-state index contributed by atoms with van der Waals surface area (Å²) in [6.45, 7) is 6.03. The zero-order valence-electron chi connectivity index (χ0n) is 9.49. The van der Waals surface area contributed by atoms with Crippen molar-refractivity contribution in [1.29, 1.82) is 5.26 Å².